The van der Waals surface area contributed by atoms with Crippen LogP contribution in [0.4, 0.5) is 0 Å². The van der Waals surface area contributed by atoms with Gasteiger partial charge in [-0.2, -0.15) is 0 Å². The maximum Gasteiger partial charge on any atom is 0.311 e. The number of carbonyl (C=O) groups is 3. The maximum absolute atomic E-state index is 12.4. The molecule has 2 N–H and O–H groups in total. The highest BCUT2D eigenvalue weighted by Crippen LogP contribution is 2.30. The zero-order chi connectivity index (χ0) is 17.0. The van der Waals surface area contributed by atoms with E-state index in [2.05, 4.69) is 5.32 Å². The van der Waals surface area contributed by atoms with Crippen LogP contribution in [0.2, 0.25) is 0 Å². The van der Waals surface area contributed by atoms with Crippen molar-refractivity contribution in [2.75, 3.05) is 13.1 Å². The summed E-state index contributed by atoms with van der Waals surface area (Å²) in [6.07, 6.45) is 5.62. The van der Waals surface area contributed by atoms with Crippen molar-refractivity contribution in [2.24, 2.45) is 11.3 Å². The van der Waals surface area contributed by atoms with E-state index in [9.17, 15) is 19.5 Å². The number of rotatable bonds is 5. The van der Waals surface area contributed by atoms with Crippen LogP contribution in [0.5, 0.6) is 0 Å². The predicted octanol–water partition coefficient (Wildman–Crippen LogP) is 1.78. The summed E-state index contributed by atoms with van der Waals surface area (Å²) in [4.78, 5) is 37.5. The van der Waals surface area contributed by atoms with Gasteiger partial charge >= 0.3 is 5.97 Å². The fraction of sp³-hybridized carbons (Fsp3) is 0.824. The van der Waals surface area contributed by atoms with Crippen LogP contribution in [-0.4, -0.2) is 46.9 Å². The van der Waals surface area contributed by atoms with Gasteiger partial charge in [-0.3, -0.25) is 14.4 Å². The van der Waals surface area contributed by atoms with E-state index in [1.165, 1.54) is 0 Å². The number of nitrogens with one attached hydrogen (secondary N) is 1. The highest BCUT2D eigenvalue weighted by atomic mass is 16.4. The van der Waals surface area contributed by atoms with E-state index in [1.54, 1.807) is 11.8 Å². The number of likely N-dealkylation sites (tertiary alicyclic amines) is 1. The molecule has 2 atom stereocenters. The number of nitrogens with zero attached hydrogens (tertiary/aromatic N) is 1. The largest absolute Gasteiger partial charge is 0.481 e. The van der Waals surface area contributed by atoms with Crippen molar-refractivity contribution in [3.05, 3.63) is 0 Å². The van der Waals surface area contributed by atoms with Gasteiger partial charge in [0.05, 0.1) is 5.41 Å². The highest BCUT2D eigenvalue weighted by molar-refractivity contribution is 5.82. The zero-order valence-corrected chi connectivity index (χ0v) is 14.1. The van der Waals surface area contributed by atoms with Crippen LogP contribution in [0.15, 0.2) is 0 Å². The number of carboxylic acids is 1. The summed E-state index contributed by atoms with van der Waals surface area (Å²) in [6, 6.07) is -0.214. The molecule has 130 valence electrons. The van der Waals surface area contributed by atoms with Gasteiger partial charge in [-0.05, 0) is 39.5 Å². The summed E-state index contributed by atoms with van der Waals surface area (Å²) in [5.74, 6) is -0.774. The van der Waals surface area contributed by atoms with Gasteiger partial charge < -0.3 is 15.3 Å². The Morgan fingerprint density at radius 2 is 1.91 bits per heavy atom. The molecule has 6 heteroatoms. The molecule has 2 aliphatic rings. The standard InChI is InChI=1S/C17H28N2O4/c1-12(18-15(21)13-6-3-4-7-13)10-14(20)19-9-5-8-17(2,11-19)16(22)23/h12-13H,3-11H2,1-2H3,(H,18,21)(H,22,23). The molecule has 2 fully saturated rings. The lowest BCUT2D eigenvalue weighted by atomic mass is 9.82. The minimum atomic E-state index is -0.857. The topological polar surface area (TPSA) is 86.7 Å². The monoisotopic (exact) mass is 324 g/mol. The molecule has 2 unspecified atom stereocenters. The molecule has 0 aromatic carbocycles. The molecular weight excluding hydrogens is 296 g/mol. The van der Waals surface area contributed by atoms with Crippen molar-refractivity contribution in [1.29, 1.82) is 0 Å². The first-order valence-electron chi connectivity index (χ1n) is 8.63. The Hall–Kier alpha value is -1.59. The van der Waals surface area contributed by atoms with E-state index >= 15 is 0 Å². The molecule has 1 heterocycles. The van der Waals surface area contributed by atoms with Crippen LogP contribution < -0.4 is 5.32 Å². The molecule has 6 nitrogen and oxygen atoms in total. The molecule has 0 spiro atoms. The normalized spacial score (nSPS) is 26.8. The summed E-state index contributed by atoms with van der Waals surface area (Å²) in [7, 11) is 0. The third-order valence-corrected chi connectivity index (χ3v) is 5.16. The van der Waals surface area contributed by atoms with E-state index in [0.29, 0.717) is 19.4 Å². The van der Waals surface area contributed by atoms with E-state index in [-0.39, 0.29) is 36.7 Å². The lowest BCUT2D eigenvalue weighted by molar-refractivity contribution is -0.153. The third-order valence-electron chi connectivity index (χ3n) is 5.16. The predicted molar refractivity (Wildman–Crippen MR) is 85.7 cm³/mol. The van der Waals surface area contributed by atoms with Crippen LogP contribution >= 0.6 is 0 Å². The van der Waals surface area contributed by atoms with Crippen molar-refractivity contribution in [1.82, 2.24) is 10.2 Å². The second-order valence-corrected chi connectivity index (χ2v) is 7.38. The van der Waals surface area contributed by atoms with Gasteiger partial charge in [0.2, 0.25) is 11.8 Å². The Morgan fingerprint density at radius 1 is 1.26 bits per heavy atom. The lowest BCUT2D eigenvalue weighted by Gasteiger charge is -2.38. The van der Waals surface area contributed by atoms with Crippen LogP contribution in [0.25, 0.3) is 0 Å². The van der Waals surface area contributed by atoms with Crippen LogP contribution in [0, 0.1) is 11.3 Å². The smallest absolute Gasteiger partial charge is 0.311 e. The SMILES string of the molecule is CC(CC(=O)N1CCCC(C)(C(=O)O)C1)NC(=O)C1CCCC1. The van der Waals surface area contributed by atoms with E-state index in [4.69, 9.17) is 0 Å². The third kappa shape index (κ3) is 4.45. The Bertz CT molecular complexity index is 473. The van der Waals surface area contributed by atoms with E-state index in [0.717, 1.165) is 25.7 Å². The van der Waals surface area contributed by atoms with Crippen molar-refractivity contribution in [2.45, 2.75) is 64.8 Å². The van der Waals surface area contributed by atoms with Crippen LogP contribution in [0.3, 0.4) is 0 Å². The Kier molecular flexibility index (Phi) is 5.65. The highest BCUT2D eigenvalue weighted by Gasteiger charge is 2.39. The number of carbonyl (C=O) groups excluding carboxylic acids is 2. The van der Waals surface area contributed by atoms with Crippen LogP contribution in [-0.2, 0) is 14.4 Å². The number of piperidine rings is 1. The van der Waals surface area contributed by atoms with Gasteiger partial charge in [-0.15, -0.1) is 0 Å². The molecule has 2 rings (SSSR count). The first kappa shape index (κ1) is 17.8. The minimum absolute atomic E-state index is 0.0526. The number of carboxylic acid groups (broad SMARTS) is 1. The van der Waals surface area contributed by atoms with Crippen molar-refractivity contribution < 1.29 is 19.5 Å². The fourth-order valence-electron chi connectivity index (χ4n) is 3.62. The van der Waals surface area contributed by atoms with Gasteiger partial charge in [0, 0.05) is 31.5 Å². The molecule has 0 aromatic rings. The number of amides is 2. The van der Waals surface area contributed by atoms with Gasteiger partial charge in [-0.1, -0.05) is 12.8 Å². The number of hydrogen-bond donors (Lipinski definition) is 2. The number of aliphatic carboxylic acids is 1. The zero-order valence-electron chi connectivity index (χ0n) is 14.1. The molecule has 1 aliphatic heterocycles. The Morgan fingerprint density at radius 3 is 2.52 bits per heavy atom. The minimum Gasteiger partial charge on any atom is -0.481 e. The molecule has 1 saturated heterocycles. The number of hydrogen-bond acceptors (Lipinski definition) is 3. The van der Waals surface area contributed by atoms with Gasteiger partial charge in [0.1, 0.15) is 0 Å². The first-order chi connectivity index (χ1) is 10.8. The van der Waals surface area contributed by atoms with E-state index < -0.39 is 11.4 Å². The summed E-state index contributed by atoms with van der Waals surface area (Å²) < 4.78 is 0. The second kappa shape index (κ2) is 7.32. The van der Waals surface area contributed by atoms with Gasteiger partial charge in [-0.25, -0.2) is 0 Å². The molecule has 2 amide bonds. The Labute approximate surface area is 137 Å². The average molecular weight is 324 g/mol. The molecule has 0 aromatic heterocycles. The fourth-order valence-corrected chi connectivity index (χ4v) is 3.62. The summed E-state index contributed by atoms with van der Waals surface area (Å²) in [5.41, 5.74) is -0.857. The summed E-state index contributed by atoms with van der Waals surface area (Å²) >= 11 is 0. The summed E-state index contributed by atoms with van der Waals surface area (Å²) in [6.45, 7) is 4.39. The molecule has 0 bridgehead atoms. The summed E-state index contributed by atoms with van der Waals surface area (Å²) in [5, 5.41) is 12.3. The first-order valence-corrected chi connectivity index (χ1v) is 8.63. The molecule has 1 aliphatic carbocycles. The van der Waals surface area contributed by atoms with E-state index in [1.807, 2.05) is 6.92 Å². The second-order valence-electron chi connectivity index (χ2n) is 7.38. The van der Waals surface area contributed by atoms with Crippen molar-refractivity contribution in [3.63, 3.8) is 0 Å². The van der Waals surface area contributed by atoms with Crippen LogP contribution in [0.1, 0.15) is 58.8 Å². The lowest BCUT2D eigenvalue weighted by Crippen LogP contribution is -2.49. The molecular formula is C17H28N2O4. The quantitative estimate of drug-likeness (QED) is 0.807. The maximum atomic E-state index is 12.4. The van der Waals surface area contributed by atoms with Crippen molar-refractivity contribution in [3.8, 4) is 0 Å². The molecule has 1 saturated carbocycles. The Balaban J connectivity index is 1.83. The molecule has 0 radical (unpaired) electrons. The van der Waals surface area contributed by atoms with Gasteiger partial charge in [0.25, 0.3) is 0 Å². The van der Waals surface area contributed by atoms with Gasteiger partial charge in [0.15, 0.2) is 0 Å². The average Bonchev–Trinajstić information content (AvgIpc) is 3.01. The van der Waals surface area contributed by atoms with Crippen molar-refractivity contribution >= 4 is 17.8 Å². The molecule has 23 heavy (non-hydrogen) atoms.